The molecule has 4 aliphatic rings. The molecule has 2 aromatic rings. The molecule has 4 aliphatic heterocycles. The van der Waals surface area contributed by atoms with E-state index in [0.717, 1.165) is 62.2 Å². The van der Waals surface area contributed by atoms with Crippen molar-refractivity contribution >= 4 is 16.9 Å². The van der Waals surface area contributed by atoms with E-state index >= 15 is 0 Å². The van der Waals surface area contributed by atoms with Crippen LogP contribution in [0.1, 0.15) is 30.2 Å². The molecule has 7 heteroatoms. The Kier molecular flexibility index (Phi) is 7.07. The molecule has 0 amide bonds. The van der Waals surface area contributed by atoms with Gasteiger partial charge in [-0.1, -0.05) is 17.2 Å². The van der Waals surface area contributed by atoms with Crippen LogP contribution in [-0.4, -0.2) is 89.1 Å². The summed E-state index contributed by atoms with van der Waals surface area (Å²) in [5.41, 5.74) is 2.17. The van der Waals surface area contributed by atoms with Gasteiger partial charge >= 0.3 is 0 Å². The van der Waals surface area contributed by atoms with Crippen LogP contribution in [0.25, 0.3) is 16.1 Å². The number of allylic oxidation sites excluding steroid dienone is 3. The highest BCUT2D eigenvalue weighted by Gasteiger charge is 2.35. The second-order valence-corrected chi connectivity index (χ2v) is 10.6. The van der Waals surface area contributed by atoms with Gasteiger partial charge in [-0.25, -0.2) is 4.68 Å². The van der Waals surface area contributed by atoms with Crippen molar-refractivity contribution in [1.29, 1.82) is 0 Å². The van der Waals surface area contributed by atoms with Gasteiger partial charge in [0.2, 0.25) is 0 Å². The molecule has 0 N–H and O–H groups in total. The van der Waals surface area contributed by atoms with E-state index in [0.29, 0.717) is 6.04 Å². The first-order chi connectivity index (χ1) is 16.2. The average molecular weight is 463 g/mol. The Labute approximate surface area is 201 Å². The molecule has 4 fully saturated rings. The maximum atomic E-state index is 5.51. The van der Waals surface area contributed by atoms with Crippen LogP contribution in [-0.2, 0) is 0 Å². The highest BCUT2D eigenvalue weighted by Crippen LogP contribution is 2.37. The van der Waals surface area contributed by atoms with Crippen molar-refractivity contribution in [1.82, 2.24) is 29.7 Å². The van der Waals surface area contributed by atoms with Crippen LogP contribution in [0.4, 0.5) is 0 Å². The van der Waals surface area contributed by atoms with Crippen LogP contribution in [0.15, 0.2) is 36.6 Å². The molecule has 6 heterocycles. The number of likely N-dealkylation sites (N-methyl/N-ethyl adjacent to an activating group) is 1. The number of hydrogen-bond acceptors (Lipinski definition) is 6. The number of rotatable bonds is 7. The third-order valence-electron chi connectivity index (χ3n) is 7.38. The van der Waals surface area contributed by atoms with E-state index in [1.54, 1.807) is 17.4 Å². The SMILES string of the molecule is C#C/C=C\C(=C/CCN1CCN(C)CC1)c1ccc(-c2cn([C@H]3CN4CCC3CC4)nn2)s1. The molecule has 2 aromatic heterocycles. The lowest BCUT2D eigenvalue weighted by atomic mass is 9.84. The maximum absolute atomic E-state index is 5.51. The Balaban J connectivity index is 1.27. The lowest BCUT2D eigenvalue weighted by Crippen LogP contribution is -2.48. The number of fused-ring (bicyclic) bond motifs is 3. The van der Waals surface area contributed by atoms with Gasteiger partial charge in [0.05, 0.1) is 17.1 Å². The van der Waals surface area contributed by atoms with Crippen molar-refractivity contribution in [3.8, 4) is 22.9 Å². The Morgan fingerprint density at radius 1 is 1.18 bits per heavy atom. The topological polar surface area (TPSA) is 40.4 Å². The van der Waals surface area contributed by atoms with E-state index in [1.165, 1.54) is 36.4 Å². The standard InChI is InChI=1S/C26H34N6S/c1-3-4-6-22(7-5-12-30-17-15-29(2)16-18-30)25-8-9-26(33-25)23-19-32(28-27-23)24-20-31-13-10-21(24)11-14-31/h1,4,6-9,19,21,24H,5,10-18,20H2,2H3/b6-4-,22-7+/t24-/m0/s1. The molecule has 0 aliphatic carbocycles. The molecule has 6 nitrogen and oxygen atoms in total. The lowest BCUT2D eigenvalue weighted by Gasteiger charge is -2.44. The van der Waals surface area contributed by atoms with Crippen molar-refractivity contribution < 1.29 is 0 Å². The van der Waals surface area contributed by atoms with Crippen molar-refractivity contribution in [3.63, 3.8) is 0 Å². The molecule has 33 heavy (non-hydrogen) atoms. The van der Waals surface area contributed by atoms with Gasteiger partial charge in [0.1, 0.15) is 5.69 Å². The molecule has 0 radical (unpaired) electrons. The second kappa shape index (κ2) is 10.4. The molecular formula is C26H34N6S. The molecule has 0 spiro atoms. The minimum Gasteiger partial charge on any atom is -0.304 e. The number of aromatic nitrogens is 3. The van der Waals surface area contributed by atoms with Crippen LogP contribution < -0.4 is 0 Å². The van der Waals surface area contributed by atoms with Gasteiger partial charge in [0.25, 0.3) is 0 Å². The number of hydrogen-bond donors (Lipinski definition) is 0. The van der Waals surface area contributed by atoms with Crippen LogP contribution >= 0.6 is 11.3 Å². The summed E-state index contributed by atoms with van der Waals surface area (Å²) in [5, 5.41) is 9.06. The lowest BCUT2D eigenvalue weighted by molar-refractivity contribution is 0.0504. The zero-order chi connectivity index (χ0) is 22.6. The third kappa shape index (κ3) is 5.30. The number of piperazine rings is 1. The van der Waals surface area contributed by atoms with E-state index in [4.69, 9.17) is 6.42 Å². The summed E-state index contributed by atoms with van der Waals surface area (Å²) in [6, 6.07) is 4.83. The zero-order valence-corrected chi connectivity index (χ0v) is 20.4. The summed E-state index contributed by atoms with van der Waals surface area (Å²) >= 11 is 1.77. The summed E-state index contributed by atoms with van der Waals surface area (Å²) < 4.78 is 2.12. The normalized spacial score (nSPS) is 26.8. The predicted octanol–water partition coefficient (Wildman–Crippen LogP) is 3.48. The molecule has 2 bridgehead atoms. The largest absolute Gasteiger partial charge is 0.304 e. The van der Waals surface area contributed by atoms with Crippen molar-refractivity contribution in [3.05, 3.63) is 41.4 Å². The van der Waals surface area contributed by atoms with E-state index in [9.17, 15) is 0 Å². The van der Waals surface area contributed by atoms with E-state index in [-0.39, 0.29) is 0 Å². The highest BCUT2D eigenvalue weighted by atomic mass is 32.1. The average Bonchev–Trinajstić information content (AvgIpc) is 3.53. The molecular weight excluding hydrogens is 428 g/mol. The molecule has 0 saturated carbocycles. The van der Waals surface area contributed by atoms with Crippen molar-refractivity contribution in [2.24, 2.45) is 5.92 Å². The number of thiophene rings is 1. The molecule has 6 rings (SSSR count). The summed E-state index contributed by atoms with van der Waals surface area (Å²) in [7, 11) is 2.20. The van der Waals surface area contributed by atoms with Gasteiger partial charge in [0.15, 0.2) is 0 Å². The molecule has 0 unspecified atom stereocenters. The first-order valence-corrected chi connectivity index (χ1v) is 13.0. The van der Waals surface area contributed by atoms with Gasteiger partial charge in [0, 0.05) is 44.1 Å². The fourth-order valence-electron chi connectivity index (χ4n) is 5.28. The monoisotopic (exact) mass is 462 g/mol. The summed E-state index contributed by atoms with van der Waals surface area (Å²) in [6.45, 7) is 9.30. The van der Waals surface area contributed by atoms with Gasteiger partial charge in [-0.3, -0.25) is 0 Å². The van der Waals surface area contributed by atoms with Crippen molar-refractivity contribution in [2.75, 3.05) is 59.4 Å². The third-order valence-corrected chi connectivity index (χ3v) is 8.54. The Hall–Kier alpha value is -2.24. The van der Waals surface area contributed by atoms with Gasteiger partial charge in [-0.2, -0.15) is 0 Å². The molecule has 174 valence electrons. The van der Waals surface area contributed by atoms with Gasteiger partial charge in [-0.15, -0.1) is 22.9 Å². The Morgan fingerprint density at radius 3 is 2.73 bits per heavy atom. The van der Waals surface area contributed by atoms with Crippen LogP contribution in [0.5, 0.6) is 0 Å². The summed E-state index contributed by atoms with van der Waals surface area (Å²) in [4.78, 5) is 9.90. The summed E-state index contributed by atoms with van der Waals surface area (Å²) in [5.74, 6) is 3.38. The first kappa shape index (κ1) is 22.5. The Bertz CT molecular complexity index is 1030. The fourth-order valence-corrected chi connectivity index (χ4v) is 6.26. The van der Waals surface area contributed by atoms with Crippen LogP contribution in [0, 0.1) is 18.3 Å². The van der Waals surface area contributed by atoms with Crippen LogP contribution in [0.2, 0.25) is 0 Å². The quantitative estimate of drug-likeness (QED) is 0.465. The maximum Gasteiger partial charge on any atom is 0.123 e. The first-order valence-electron chi connectivity index (χ1n) is 12.2. The fraction of sp³-hybridized carbons (Fsp3) is 0.538. The van der Waals surface area contributed by atoms with Crippen molar-refractivity contribution in [2.45, 2.75) is 25.3 Å². The minimum absolute atomic E-state index is 0.469. The molecule has 1 atom stereocenters. The molecule has 0 aromatic carbocycles. The van der Waals surface area contributed by atoms with Crippen LogP contribution in [0.3, 0.4) is 0 Å². The Morgan fingerprint density at radius 2 is 2.00 bits per heavy atom. The molecule has 4 saturated heterocycles. The minimum atomic E-state index is 0.469. The number of terminal acetylenes is 1. The zero-order valence-electron chi connectivity index (χ0n) is 19.6. The summed E-state index contributed by atoms with van der Waals surface area (Å²) in [6.07, 6.45) is 17.4. The van der Waals surface area contributed by atoms with Gasteiger partial charge < -0.3 is 14.7 Å². The van der Waals surface area contributed by atoms with Gasteiger partial charge in [-0.05, 0) is 75.2 Å². The second-order valence-electron chi connectivity index (χ2n) is 9.55. The number of nitrogens with zero attached hydrogens (tertiary/aromatic N) is 6. The predicted molar refractivity (Wildman–Crippen MR) is 136 cm³/mol. The highest BCUT2D eigenvalue weighted by molar-refractivity contribution is 7.16. The van der Waals surface area contributed by atoms with E-state index in [2.05, 4.69) is 73.1 Å². The van der Waals surface area contributed by atoms with E-state index < -0.39 is 0 Å². The number of piperidine rings is 3. The van der Waals surface area contributed by atoms with E-state index in [1.807, 2.05) is 0 Å². The smallest absolute Gasteiger partial charge is 0.123 e.